The molecule has 1 aliphatic heterocycles. The van der Waals surface area contributed by atoms with Crippen LogP contribution in [-0.4, -0.2) is 38.6 Å². The summed E-state index contributed by atoms with van der Waals surface area (Å²) in [5.74, 6) is 0.0991. The fourth-order valence-electron chi connectivity index (χ4n) is 2.38. The van der Waals surface area contributed by atoms with Gasteiger partial charge in [-0.3, -0.25) is 9.59 Å². The normalized spacial score (nSPS) is 16.3. The topological polar surface area (TPSA) is 58.6 Å². The summed E-state index contributed by atoms with van der Waals surface area (Å²) in [4.78, 5) is 23.7. The van der Waals surface area contributed by atoms with Crippen molar-refractivity contribution in [2.75, 3.05) is 31.6 Å². The van der Waals surface area contributed by atoms with Gasteiger partial charge in [0.2, 0.25) is 5.91 Å². The standard InChI is InChI=1S/C14H20N2O.C3H6O2.Ar/c1-2-15-14(17)12-7-6-10-16(11-12)13-8-4-3-5-9-13;1-3(4)5-2;/h3-5,8-9,12H,2,6-7,10-11H2,1H3,(H,15,17);1-2H3;. The first kappa shape index (κ1) is 22.2. The number of amides is 1. The van der Waals surface area contributed by atoms with Crippen LogP contribution in [0.3, 0.4) is 0 Å². The Morgan fingerprint density at radius 3 is 2.43 bits per heavy atom. The molecular formula is C17H26ArN2O3. The molecule has 1 aromatic rings. The van der Waals surface area contributed by atoms with E-state index in [1.807, 2.05) is 25.1 Å². The number of ether oxygens (including phenoxy) is 1. The van der Waals surface area contributed by atoms with E-state index in [9.17, 15) is 9.59 Å². The molecule has 0 spiro atoms. The molecule has 23 heavy (non-hydrogen) atoms. The van der Waals surface area contributed by atoms with Gasteiger partial charge in [-0.25, -0.2) is 0 Å². The van der Waals surface area contributed by atoms with Crippen LogP contribution in [0.1, 0.15) is 26.7 Å². The summed E-state index contributed by atoms with van der Waals surface area (Å²) in [6.45, 7) is 5.95. The first-order chi connectivity index (χ1) is 10.6. The number of carbonyl (C=O) groups is 2. The number of carbonyl (C=O) groups excluding carboxylic acids is 2. The van der Waals surface area contributed by atoms with Crippen LogP contribution < -0.4 is 10.2 Å². The van der Waals surface area contributed by atoms with Crippen molar-refractivity contribution in [3.8, 4) is 0 Å². The summed E-state index contributed by atoms with van der Waals surface area (Å²) < 4.78 is 4.11. The van der Waals surface area contributed by atoms with E-state index in [0.29, 0.717) is 0 Å². The molecule has 2 rings (SSSR count). The van der Waals surface area contributed by atoms with Crippen molar-refractivity contribution < 1.29 is 52.1 Å². The molecule has 1 N–H and O–H groups in total. The molecule has 0 saturated carbocycles. The number of nitrogens with zero attached hydrogens (tertiary/aromatic N) is 1. The molecule has 0 aromatic heterocycles. The number of anilines is 1. The van der Waals surface area contributed by atoms with Crippen LogP contribution in [0.15, 0.2) is 30.3 Å². The van der Waals surface area contributed by atoms with E-state index in [2.05, 4.69) is 27.1 Å². The Morgan fingerprint density at radius 2 is 1.91 bits per heavy atom. The van der Waals surface area contributed by atoms with Crippen LogP contribution in [0.5, 0.6) is 0 Å². The third kappa shape index (κ3) is 8.58. The van der Waals surface area contributed by atoms with Crippen molar-refractivity contribution in [2.45, 2.75) is 26.7 Å². The van der Waals surface area contributed by atoms with Gasteiger partial charge in [0.1, 0.15) is 0 Å². The average Bonchev–Trinajstić information content (AvgIpc) is 2.56. The first-order valence-corrected chi connectivity index (χ1v) is 7.70. The van der Waals surface area contributed by atoms with E-state index >= 15 is 0 Å². The number of rotatable bonds is 3. The van der Waals surface area contributed by atoms with Gasteiger partial charge in [0.15, 0.2) is 0 Å². The molecule has 1 atom stereocenters. The Bertz CT molecular complexity index is 468. The summed E-state index contributed by atoms with van der Waals surface area (Å²) in [7, 11) is 1.35. The molecule has 1 aliphatic rings. The third-order valence-corrected chi connectivity index (χ3v) is 3.55. The number of piperidine rings is 1. The molecule has 1 amide bonds. The number of methoxy groups -OCH3 is 1. The number of benzene rings is 1. The number of nitrogens with one attached hydrogen (secondary N) is 1. The van der Waals surface area contributed by atoms with Crippen LogP contribution in [-0.2, 0) is 14.3 Å². The Labute approximate surface area is 168 Å². The Hall–Kier alpha value is -0.780. The number of para-hydroxylation sites is 1. The fourth-order valence-corrected chi connectivity index (χ4v) is 2.38. The minimum atomic E-state index is -0.245. The predicted molar refractivity (Wildman–Crippen MR) is 87.8 cm³/mol. The molecule has 5 nitrogen and oxygen atoms in total. The second-order valence-corrected chi connectivity index (χ2v) is 5.21. The zero-order valence-corrected chi connectivity index (χ0v) is 14.7. The minimum absolute atomic E-state index is 0. The summed E-state index contributed by atoms with van der Waals surface area (Å²) in [6, 6.07) is 10.3. The van der Waals surface area contributed by atoms with Crippen molar-refractivity contribution in [3.05, 3.63) is 30.3 Å². The molecule has 130 valence electrons. The molecule has 0 aliphatic carbocycles. The first-order valence-electron chi connectivity index (χ1n) is 7.70. The zero-order chi connectivity index (χ0) is 16.4. The van der Waals surface area contributed by atoms with E-state index in [-0.39, 0.29) is 55.5 Å². The summed E-state index contributed by atoms with van der Waals surface area (Å²) in [6.07, 6.45) is 2.10. The predicted octanol–water partition coefficient (Wildman–Crippen LogP) is 2.22. The Kier molecular flexibility index (Phi) is 12.2. The van der Waals surface area contributed by atoms with Crippen molar-refractivity contribution in [3.63, 3.8) is 0 Å². The monoisotopic (exact) mass is 346 g/mol. The van der Waals surface area contributed by atoms with Crippen molar-refractivity contribution >= 4 is 17.6 Å². The van der Waals surface area contributed by atoms with Crippen molar-refractivity contribution in [2.24, 2.45) is 5.92 Å². The minimum Gasteiger partial charge on any atom is -0.469 e. The smallest absolute Gasteiger partial charge is 0.302 e. The third-order valence-electron chi connectivity index (χ3n) is 3.55. The van der Waals surface area contributed by atoms with E-state index in [0.717, 1.165) is 32.5 Å². The maximum Gasteiger partial charge on any atom is 0.302 e. The number of esters is 1. The number of hydrogen-bond donors (Lipinski definition) is 1. The van der Waals surface area contributed by atoms with Gasteiger partial charge in [-0.15, -0.1) is 0 Å². The fraction of sp³-hybridized carbons (Fsp3) is 0.529. The molecule has 1 heterocycles. The van der Waals surface area contributed by atoms with Gasteiger partial charge in [-0.1, -0.05) is 18.2 Å². The van der Waals surface area contributed by atoms with E-state index in [1.54, 1.807) is 0 Å². The van der Waals surface area contributed by atoms with Gasteiger partial charge in [-0.05, 0) is 31.9 Å². The maximum absolute atomic E-state index is 11.8. The number of hydrogen-bond acceptors (Lipinski definition) is 4. The van der Waals surface area contributed by atoms with Crippen LogP contribution in [0.2, 0.25) is 0 Å². The second kappa shape index (κ2) is 12.6. The molecule has 0 radical (unpaired) electrons. The van der Waals surface area contributed by atoms with E-state index < -0.39 is 0 Å². The van der Waals surface area contributed by atoms with Crippen molar-refractivity contribution in [1.82, 2.24) is 5.32 Å². The quantitative estimate of drug-likeness (QED) is 0.853. The molecule has 1 saturated heterocycles. The van der Waals surface area contributed by atoms with Gasteiger partial charge >= 0.3 is 5.97 Å². The van der Waals surface area contributed by atoms with Gasteiger partial charge < -0.3 is 15.0 Å². The summed E-state index contributed by atoms with van der Waals surface area (Å²) in [5.41, 5.74) is 1.22. The molecular weight excluding hydrogens is 320 g/mol. The van der Waals surface area contributed by atoms with Gasteiger partial charge in [0.25, 0.3) is 0 Å². The van der Waals surface area contributed by atoms with Crippen LogP contribution in [0.4, 0.5) is 5.69 Å². The molecule has 6 heteroatoms. The largest absolute Gasteiger partial charge is 0.469 e. The van der Waals surface area contributed by atoms with Crippen LogP contribution in [0.25, 0.3) is 0 Å². The van der Waals surface area contributed by atoms with E-state index in [1.165, 1.54) is 19.7 Å². The maximum atomic E-state index is 11.8. The van der Waals surface area contributed by atoms with Crippen LogP contribution in [0, 0.1) is 43.7 Å². The van der Waals surface area contributed by atoms with E-state index in [4.69, 9.17) is 0 Å². The SMILES string of the molecule is CCNC(=O)C1CCCN(c2ccccc2)C1.COC(C)=O.[Ar]. The molecule has 1 aromatic carbocycles. The van der Waals surface area contributed by atoms with Crippen LogP contribution >= 0.6 is 0 Å². The summed E-state index contributed by atoms with van der Waals surface area (Å²) >= 11 is 0. The van der Waals surface area contributed by atoms with Gasteiger partial charge in [0, 0.05) is 70.0 Å². The Balaban J connectivity index is 0.000000709. The molecule has 0 bridgehead atoms. The van der Waals surface area contributed by atoms with Crippen molar-refractivity contribution in [1.29, 1.82) is 0 Å². The second-order valence-electron chi connectivity index (χ2n) is 5.21. The zero-order valence-electron chi connectivity index (χ0n) is 14.0. The van der Waals surface area contributed by atoms with Gasteiger partial charge in [0.05, 0.1) is 13.0 Å². The average molecular weight is 346 g/mol. The Morgan fingerprint density at radius 1 is 1.30 bits per heavy atom. The molecule has 1 fully saturated rings. The summed E-state index contributed by atoms with van der Waals surface area (Å²) in [5, 5.41) is 2.92. The van der Waals surface area contributed by atoms with Gasteiger partial charge in [-0.2, -0.15) is 0 Å². The molecule has 1 unspecified atom stereocenters.